The van der Waals surface area contributed by atoms with Gasteiger partial charge in [-0.25, -0.2) is 0 Å². The van der Waals surface area contributed by atoms with Crippen molar-refractivity contribution in [1.29, 1.82) is 0 Å². The summed E-state index contributed by atoms with van der Waals surface area (Å²) >= 11 is 0. The van der Waals surface area contributed by atoms with Gasteiger partial charge in [-0.3, -0.25) is 0 Å². The first-order valence-corrected chi connectivity index (χ1v) is 7.53. The zero-order valence-electron chi connectivity index (χ0n) is 12.0. The van der Waals surface area contributed by atoms with Crippen molar-refractivity contribution in [3.63, 3.8) is 0 Å². The summed E-state index contributed by atoms with van der Waals surface area (Å²) in [5.41, 5.74) is 0. The lowest BCUT2D eigenvalue weighted by molar-refractivity contribution is -0.0242. The van der Waals surface area contributed by atoms with Gasteiger partial charge in [0, 0.05) is 0 Å². The van der Waals surface area contributed by atoms with Gasteiger partial charge in [-0.15, -0.1) is 0 Å². The standard InChI is InChI=1S/C15H32O2/c1-4-7-8-9-10-11-12-14(16)15(17)13(5-2)6-3/h13-17H,4-12H2,1-3H3. The third-order valence-electron chi connectivity index (χ3n) is 3.78. The van der Waals surface area contributed by atoms with Crippen molar-refractivity contribution in [2.75, 3.05) is 0 Å². The molecule has 0 bridgehead atoms. The molecular formula is C15H32O2. The highest BCUT2D eigenvalue weighted by Crippen LogP contribution is 2.19. The number of rotatable bonds is 11. The van der Waals surface area contributed by atoms with Gasteiger partial charge in [0.15, 0.2) is 0 Å². The quantitative estimate of drug-likeness (QED) is 0.541. The minimum Gasteiger partial charge on any atom is -0.390 e. The molecule has 0 aliphatic heterocycles. The Kier molecular flexibility index (Phi) is 11.0. The van der Waals surface area contributed by atoms with E-state index in [-0.39, 0.29) is 5.92 Å². The molecule has 0 amide bonds. The van der Waals surface area contributed by atoms with Crippen molar-refractivity contribution in [1.82, 2.24) is 0 Å². The number of aliphatic hydroxyl groups excluding tert-OH is 2. The maximum Gasteiger partial charge on any atom is 0.0826 e. The van der Waals surface area contributed by atoms with Crippen LogP contribution in [0.3, 0.4) is 0 Å². The lowest BCUT2D eigenvalue weighted by Gasteiger charge is -2.25. The van der Waals surface area contributed by atoms with Crippen LogP contribution in [0.4, 0.5) is 0 Å². The monoisotopic (exact) mass is 244 g/mol. The second-order valence-electron chi connectivity index (χ2n) is 5.19. The molecule has 2 unspecified atom stereocenters. The Labute approximate surface area is 107 Å². The summed E-state index contributed by atoms with van der Waals surface area (Å²) in [7, 11) is 0. The van der Waals surface area contributed by atoms with Gasteiger partial charge >= 0.3 is 0 Å². The summed E-state index contributed by atoms with van der Waals surface area (Å²) in [5, 5.41) is 19.9. The summed E-state index contributed by atoms with van der Waals surface area (Å²) in [5.74, 6) is 0.255. The van der Waals surface area contributed by atoms with Crippen molar-refractivity contribution < 1.29 is 10.2 Å². The number of hydrogen-bond donors (Lipinski definition) is 2. The van der Waals surface area contributed by atoms with Crippen LogP contribution >= 0.6 is 0 Å². The third-order valence-corrected chi connectivity index (χ3v) is 3.78. The summed E-state index contributed by atoms with van der Waals surface area (Å²) in [6, 6.07) is 0. The third kappa shape index (κ3) is 7.77. The summed E-state index contributed by atoms with van der Waals surface area (Å²) in [4.78, 5) is 0. The minimum absolute atomic E-state index is 0.255. The normalized spacial score (nSPS) is 15.2. The van der Waals surface area contributed by atoms with Crippen LogP contribution in [0.15, 0.2) is 0 Å². The molecule has 0 radical (unpaired) electrons. The minimum atomic E-state index is -0.527. The SMILES string of the molecule is CCCCCCCCC(O)C(O)C(CC)CC. The Morgan fingerprint density at radius 1 is 0.765 bits per heavy atom. The van der Waals surface area contributed by atoms with E-state index in [1.54, 1.807) is 0 Å². The van der Waals surface area contributed by atoms with Gasteiger partial charge in [0.05, 0.1) is 12.2 Å². The molecule has 0 aromatic heterocycles. The van der Waals surface area contributed by atoms with E-state index in [1.807, 2.05) is 0 Å². The molecule has 104 valence electrons. The van der Waals surface area contributed by atoms with Gasteiger partial charge in [0.25, 0.3) is 0 Å². The van der Waals surface area contributed by atoms with Crippen molar-refractivity contribution in [2.24, 2.45) is 5.92 Å². The van der Waals surface area contributed by atoms with Gasteiger partial charge in [-0.2, -0.15) is 0 Å². The first-order chi connectivity index (χ1) is 8.17. The molecule has 0 spiro atoms. The first kappa shape index (κ1) is 16.9. The van der Waals surface area contributed by atoms with Crippen molar-refractivity contribution >= 4 is 0 Å². The van der Waals surface area contributed by atoms with Crippen molar-refractivity contribution in [2.45, 2.75) is 90.8 Å². The second-order valence-corrected chi connectivity index (χ2v) is 5.19. The molecule has 2 N–H and O–H groups in total. The first-order valence-electron chi connectivity index (χ1n) is 7.53. The van der Waals surface area contributed by atoms with Crippen LogP contribution in [0, 0.1) is 5.92 Å². The number of unbranched alkanes of at least 4 members (excludes halogenated alkanes) is 5. The molecule has 2 heteroatoms. The van der Waals surface area contributed by atoms with Gasteiger partial charge < -0.3 is 10.2 Å². The largest absolute Gasteiger partial charge is 0.390 e. The fraction of sp³-hybridized carbons (Fsp3) is 1.00. The zero-order valence-corrected chi connectivity index (χ0v) is 12.0. The lowest BCUT2D eigenvalue weighted by Crippen LogP contribution is -2.32. The van der Waals surface area contributed by atoms with E-state index in [0.717, 1.165) is 25.7 Å². The highest BCUT2D eigenvalue weighted by atomic mass is 16.3. The molecule has 17 heavy (non-hydrogen) atoms. The number of hydrogen-bond acceptors (Lipinski definition) is 2. The predicted octanol–water partition coefficient (Wildman–Crippen LogP) is 3.90. The molecule has 0 saturated carbocycles. The lowest BCUT2D eigenvalue weighted by atomic mass is 9.90. The van der Waals surface area contributed by atoms with Crippen LogP contribution in [0.2, 0.25) is 0 Å². The average Bonchev–Trinajstić information content (AvgIpc) is 2.34. The van der Waals surface area contributed by atoms with E-state index in [0.29, 0.717) is 0 Å². The van der Waals surface area contributed by atoms with E-state index in [9.17, 15) is 10.2 Å². The van der Waals surface area contributed by atoms with Crippen molar-refractivity contribution in [3.05, 3.63) is 0 Å². The van der Waals surface area contributed by atoms with E-state index < -0.39 is 12.2 Å². The van der Waals surface area contributed by atoms with Crippen LogP contribution in [0.1, 0.15) is 78.6 Å². The topological polar surface area (TPSA) is 40.5 Å². The Balaban J connectivity index is 3.59. The summed E-state index contributed by atoms with van der Waals surface area (Å²) in [6.45, 7) is 6.37. The smallest absolute Gasteiger partial charge is 0.0826 e. The molecule has 0 rings (SSSR count). The van der Waals surface area contributed by atoms with Crippen LogP contribution in [0.25, 0.3) is 0 Å². The molecule has 0 aliphatic carbocycles. The second kappa shape index (κ2) is 11.0. The van der Waals surface area contributed by atoms with Gasteiger partial charge in [0.2, 0.25) is 0 Å². The molecular weight excluding hydrogens is 212 g/mol. The van der Waals surface area contributed by atoms with Gasteiger partial charge in [-0.05, 0) is 12.3 Å². The molecule has 0 heterocycles. The summed E-state index contributed by atoms with van der Waals surface area (Å²) < 4.78 is 0. The fourth-order valence-corrected chi connectivity index (χ4v) is 2.39. The Morgan fingerprint density at radius 2 is 1.29 bits per heavy atom. The Bertz CT molecular complexity index is 155. The van der Waals surface area contributed by atoms with Crippen LogP contribution in [0.5, 0.6) is 0 Å². The fourth-order valence-electron chi connectivity index (χ4n) is 2.39. The number of aliphatic hydroxyl groups is 2. The Morgan fingerprint density at radius 3 is 1.82 bits per heavy atom. The van der Waals surface area contributed by atoms with Crippen molar-refractivity contribution in [3.8, 4) is 0 Å². The molecule has 0 aliphatic rings. The molecule has 0 aromatic rings. The zero-order chi connectivity index (χ0) is 13.1. The highest BCUT2D eigenvalue weighted by Gasteiger charge is 2.22. The molecule has 0 fully saturated rings. The van der Waals surface area contributed by atoms with E-state index in [2.05, 4.69) is 20.8 Å². The Hall–Kier alpha value is -0.0800. The van der Waals surface area contributed by atoms with Crippen LogP contribution in [-0.4, -0.2) is 22.4 Å². The van der Waals surface area contributed by atoms with E-state index >= 15 is 0 Å². The molecule has 0 aromatic carbocycles. The van der Waals surface area contributed by atoms with Crippen LogP contribution in [-0.2, 0) is 0 Å². The highest BCUT2D eigenvalue weighted by molar-refractivity contribution is 4.74. The van der Waals surface area contributed by atoms with Gasteiger partial charge in [-0.1, -0.05) is 72.1 Å². The molecule has 2 nitrogen and oxygen atoms in total. The van der Waals surface area contributed by atoms with Crippen LogP contribution < -0.4 is 0 Å². The average molecular weight is 244 g/mol. The maximum atomic E-state index is 9.97. The van der Waals surface area contributed by atoms with E-state index in [4.69, 9.17) is 0 Å². The summed E-state index contributed by atoms with van der Waals surface area (Å²) in [6.07, 6.45) is 9.00. The molecule has 0 saturated heterocycles. The molecule has 2 atom stereocenters. The maximum absolute atomic E-state index is 9.97. The van der Waals surface area contributed by atoms with Gasteiger partial charge in [0.1, 0.15) is 0 Å². The predicted molar refractivity (Wildman–Crippen MR) is 74.1 cm³/mol. The van der Waals surface area contributed by atoms with E-state index in [1.165, 1.54) is 32.1 Å².